The van der Waals surface area contributed by atoms with E-state index in [9.17, 15) is 0 Å². The fourth-order valence-corrected chi connectivity index (χ4v) is 2.87. The molecule has 0 spiro atoms. The van der Waals surface area contributed by atoms with Crippen molar-refractivity contribution in [3.05, 3.63) is 47.7 Å². The molecule has 0 fully saturated rings. The Balaban J connectivity index is 0.00000450. The quantitative estimate of drug-likeness (QED) is 0.214. The number of aryl methyl sites for hydroxylation is 1. The van der Waals surface area contributed by atoms with Gasteiger partial charge in [-0.15, -0.1) is 24.0 Å². The lowest BCUT2D eigenvalue weighted by atomic mass is 10.1. The zero-order chi connectivity index (χ0) is 21.1. The molecule has 2 rings (SSSR count). The van der Waals surface area contributed by atoms with Crippen LogP contribution in [0.25, 0.3) is 0 Å². The summed E-state index contributed by atoms with van der Waals surface area (Å²) >= 11 is 0. The predicted molar refractivity (Wildman–Crippen MR) is 135 cm³/mol. The van der Waals surface area contributed by atoms with E-state index in [-0.39, 0.29) is 24.0 Å². The molecule has 30 heavy (non-hydrogen) atoms. The van der Waals surface area contributed by atoms with E-state index in [0.29, 0.717) is 13.2 Å². The molecule has 0 aliphatic carbocycles. The van der Waals surface area contributed by atoms with Gasteiger partial charge in [0.05, 0.1) is 13.7 Å². The molecule has 0 aliphatic heterocycles. The number of methoxy groups -OCH3 is 1. The Kier molecular flexibility index (Phi) is 12.0. The maximum atomic E-state index is 5.65. The molecule has 0 saturated heterocycles. The van der Waals surface area contributed by atoms with E-state index in [2.05, 4.69) is 38.8 Å². The van der Waals surface area contributed by atoms with Gasteiger partial charge in [0.15, 0.2) is 17.5 Å². The van der Waals surface area contributed by atoms with Crippen LogP contribution in [0.15, 0.2) is 41.5 Å². The van der Waals surface area contributed by atoms with Crippen LogP contribution in [0.5, 0.6) is 11.5 Å². The third kappa shape index (κ3) is 8.25. The first kappa shape index (κ1) is 25.8. The number of hydrogen-bond donors (Lipinski definition) is 2. The summed E-state index contributed by atoms with van der Waals surface area (Å²) < 4.78 is 11.0. The maximum Gasteiger partial charge on any atom is 0.191 e. The lowest BCUT2D eigenvalue weighted by molar-refractivity contribution is 0.310. The smallest absolute Gasteiger partial charge is 0.191 e. The van der Waals surface area contributed by atoms with Crippen molar-refractivity contribution < 1.29 is 9.47 Å². The van der Waals surface area contributed by atoms with Crippen molar-refractivity contribution in [1.29, 1.82) is 0 Å². The van der Waals surface area contributed by atoms with Crippen LogP contribution in [-0.4, -0.2) is 52.3 Å². The van der Waals surface area contributed by atoms with Crippen molar-refractivity contribution in [1.82, 2.24) is 15.6 Å². The Bertz CT molecular complexity index is 799. The molecular weight excluding hydrogens is 493 g/mol. The van der Waals surface area contributed by atoms with Crippen LogP contribution in [0.2, 0.25) is 0 Å². The highest BCUT2D eigenvalue weighted by Crippen LogP contribution is 2.28. The Morgan fingerprint density at radius 3 is 2.57 bits per heavy atom. The van der Waals surface area contributed by atoms with Crippen molar-refractivity contribution in [3.8, 4) is 11.5 Å². The van der Waals surface area contributed by atoms with Gasteiger partial charge < -0.3 is 25.0 Å². The average molecular weight is 527 g/mol. The first-order valence-electron chi connectivity index (χ1n) is 9.93. The zero-order valence-electron chi connectivity index (χ0n) is 18.6. The van der Waals surface area contributed by atoms with E-state index in [1.165, 1.54) is 5.56 Å². The normalized spacial score (nSPS) is 10.8. The third-order valence-electron chi connectivity index (χ3n) is 4.41. The minimum Gasteiger partial charge on any atom is -0.493 e. The van der Waals surface area contributed by atoms with E-state index < -0.39 is 0 Å². The molecule has 0 atom stereocenters. The third-order valence-corrected chi connectivity index (χ3v) is 4.41. The Morgan fingerprint density at radius 2 is 1.90 bits per heavy atom. The highest BCUT2D eigenvalue weighted by atomic mass is 127. The summed E-state index contributed by atoms with van der Waals surface area (Å²) in [6, 6.07) is 10.2. The first-order chi connectivity index (χ1) is 14.1. The molecule has 1 heterocycles. The van der Waals surface area contributed by atoms with Gasteiger partial charge in [-0.1, -0.05) is 6.07 Å². The lowest BCUT2D eigenvalue weighted by Crippen LogP contribution is -2.37. The second-order valence-electron chi connectivity index (χ2n) is 6.79. The van der Waals surface area contributed by atoms with E-state index in [4.69, 9.17) is 9.47 Å². The average Bonchev–Trinajstić information content (AvgIpc) is 2.74. The minimum atomic E-state index is 0. The van der Waals surface area contributed by atoms with Crippen LogP contribution < -0.4 is 25.0 Å². The standard InChI is InChI=1S/C22H33N5O2.HI/c1-6-29-20-14-17(9-10-19(20)28-5)8-7-12-25-22(23-2)26-16-18-11-13-24-21(15-18)27(3)4;/h9-11,13-15H,6-8,12,16H2,1-5H3,(H2,23,25,26);1H. The minimum absolute atomic E-state index is 0. The number of guanidine groups is 1. The number of nitrogens with one attached hydrogen (secondary N) is 2. The highest BCUT2D eigenvalue weighted by molar-refractivity contribution is 14.0. The number of pyridine rings is 1. The molecule has 0 saturated carbocycles. The van der Waals surface area contributed by atoms with Crippen LogP contribution >= 0.6 is 24.0 Å². The van der Waals surface area contributed by atoms with Crippen LogP contribution in [0.1, 0.15) is 24.5 Å². The fourth-order valence-electron chi connectivity index (χ4n) is 2.87. The summed E-state index contributed by atoms with van der Waals surface area (Å²) in [4.78, 5) is 10.6. The summed E-state index contributed by atoms with van der Waals surface area (Å²) in [5.74, 6) is 3.30. The summed E-state index contributed by atoms with van der Waals surface area (Å²) in [6.07, 6.45) is 3.76. The topological polar surface area (TPSA) is 71.0 Å². The molecule has 8 heteroatoms. The predicted octanol–water partition coefficient (Wildman–Crippen LogP) is 3.47. The molecule has 2 aromatic rings. The Morgan fingerprint density at radius 1 is 1.10 bits per heavy atom. The zero-order valence-corrected chi connectivity index (χ0v) is 20.9. The number of rotatable bonds is 10. The number of anilines is 1. The van der Waals surface area contributed by atoms with Gasteiger partial charge >= 0.3 is 0 Å². The number of aromatic nitrogens is 1. The Hall–Kier alpha value is -2.23. The summed E-state index contributed by atoms with van der Waals surface area (Å²) in [5.41, 5.74) is 2.39. The van der Waals surface area contributed by atoms with Crippen molar-refractivity contribution in [2.24, 2.45) is 4.99 Å². The number of benzene rings is 1. The number of halogens is 1. The lowest BCUT2D eigenvalue weighted by Gasteiger charge is -2.15. The van der Waals surface area contributed by atoms with Gasteiger partial charge in [0, 0.05) is 40.4 Å². The fraction of sp³-hybridized carbons (Fsp3) is 0.455. The van der Waals surface area contributed by atoms with Crippen LogP contribution in [0.3, 0.4) is 0 Å². The van der Waals surface area contributed by atoms with E-state index >= 15 is 0 Å². The molecule has 0 aliphatic rings. The number of hydrogen-bond acceptors (Lipinski definition) is 5. The SMILES string of the molecule is CCOc1cc(CCCNC(=NC)NCc2ccnc(N(C)C)c2)ccc1OC.I. The van der Waals surface area contributed by atoms with E-state index in [0.717, 1.165) is 48.2 Å². The van der Waals surface area contributed by atoms with Crippen LogP contribution in [-0.2, 0) is 13.0 Å². The number of nitrogens with zero attached hydrogens (tertiary/aromatic N) is 3. The molecule has 2 N–H and O–H groups in total. The highest BCUT2D eigenvalue weighted by Gasteiger charge is 2.06. The molecule has 0 unspecified atom stereocenters. The van der Waals surface area contributed by atoms with E-state index in [1.807, 2.05) is 44.2 Å². The number of aliphatic imine (C=N–C) groups is 1. The summed E-state index contributed by atoms with van der Waals surface area (Å²) in [7, 11) is 7.42. The van der Waals surface area contributed by atoms with Gasteiger partial charge in [0.2, 0.25) is 0 Å². The van der Waals surface area contributed by atoms with Crippen LogP contribution in [0.4, 0.5) is 5.82 Å². The molecule has 1 aromatic carbocycles. The number of ether oxygens (including phenoxy) is 2. The van der Waals surface area contributed by atoms with Crippen molar-refractivity contribution in [2.45, 2.75) is 26.3 Å². The molecule has 0 amide bonds. The van der Waals surface area contributed by atoms with Gasteiger partial charge in [-0.2, -0.15) is 0 Å². The van der Waals surface area contributed by atoms with Crippen molar-refractivity contribution >= 4 is 35.8 Å². The van der Waals surface area contributed by atoms with Crippen LogP contribution in [0, 0.1) is 0 Å². The van der Waals surface area contributed by atoms with Gasteiger partial charge in [0.25, 0.3) is 0 Å². The second-order valence-corrected chi connectivity index (χ2v) is 6.79. The van der Waals surface area contributed by atoms with Crippen molar-refractivity contribution in [2.75, 3.05) is 46.3 Å². The molecular formula is C22H34IN5O2. The van der Waals surface area contributed by atoms with Crippen molar-refractivity contribution in [3.63, 3.8) is 0 Å². The Labute approximate surface area is 197 Å². The first-order valence-corrected chi connectivity index (χ1v) is 9.93. The largest absolute Gasteiger partial charge is 0.493 e. The molecule has 7 nitrogen and oxygen atoms in total. The van der Waals surface area contributed by atoms with Gasteiger partial charge in [-0.3, -0.25) is 4.99 Å². The molecule has 0 radical (unpaired) electrons. The van der Waals surface area contributed by atoms with Gasteiger partial charge in [-0.05, 0) is 55.2 Å². The summed E-state index contributed by atoms with van der Waals surface area (Å²) in [6.45, 7) is 4.12. The second kappa shape index (κ2) is 13.9. The molecule has 166 valence electrons. The van der Waals surface area contributed by atoms with E-state index in [1.54, 1.807) is 14.2 Å². The summed E-state index contributed by atoms with van der Waals surface area (Å²) in [5, 5.41) is 6.71. The van der Waals surface area contributed by atoms with Gasteiger partial charge in [0.1, 0.15) is 5.82 Å². The molecule has 0 bridgehead atoms. The van der Waals surface area contributed by atoms with Gasteiger partial charge in [-0.25, -0.2) is 4.98 Å². The maximum absolute atomic E-state index is 5.65. The molecule has 1 aromatic heterocycles. The monoisotopic (exact) mass is 527 g/mol.